The maximum atomic E-state index is 3.65. The fraction of sp³-hybridized carbons (Fsp3) is 1.00. The van der Waals surface area contributed by atoms with Crippen molar-refractivity contribution in [3.05, 3.63) is 0 Å². The van der Waals surface area contributed by atoms with Crippen molar-refractivity contribution in [3.63, 3.8) is 0 Å². The third kappa shape index (κ3) is 4.28. The summed E-state index contributed by atoms with van der Waals surface area (Å²) in [7, 11) is 2.17. The Morgan fingerprint density at radius 1 is 0.941 bits per heavy atom. The zero-order valence-electron chi connectivity index (χ0n) is 12.7. The predicted octanol–water partition coefficient (Wildman–Crippen LogP) is 4.62. The van der Waals surface area contributed by atoms with E-state index in [1.54, 1.807) is 0 Å². The Balaban J connectivity index is 2.65. The van der Waals surface area contributed by atoms with Crippen molar-refractivity contribution in [1.29, 1.82) is 0 Å². The van der Waals surface area contributed by atoms with Crippen molar-refractivity contribution in [2.45, 2.75) is 78.7 Å². The summed E-state index contributed by atoms with van der Waals surface area (Å²) in [5, 5.41) is 3.65. The second kappa shape index (κ2) is 6.78. The van der Waals surface area contributed by atoms with E-state index >= 15 is 0 Å². The highest BCUT2D eigenvalue weighted by Crippen LogP contribution is 2.47. The zero-order chi connectivity index (χ0) is 12.9. The zero-order valence-corrected chi connectivity index (χ0v) is 12.7. The van der Waals surface area contributed by atoms with Crippen LogP contribution in [0.3, 0.4) is 0 Å². The van der Waals surface area contributed by atoms with Crippen LogP contribution in [0.1, 0.15) is 72.6 Å². The van der Waals surface area contributed by atoms with Gasteiger partial charge in [0.25, 0.3) is 0 Å². The predicted molar refractivity (Wildman–Crippen MR) is 77.3 cm³/mol. The average molecular weight is 239 g/mol. The summed E-state index contributed by atoms with van der Waals surface area (Å²) in [5.74, 6) is 1.67. The van der Waals surface area contributed by atoms with E-state index in [1.165, 1.54) is 44.9 Å². The van der Waals surface area contributed by atoms with Gasteiger partial charge in [-0.3, -0.25) is 0 Å². The number of hydrogen-bond acceptors (Lipinski definition) is 1. The minimum Gasteiger partial charge on any atom is -0.316 e. The van der Waals surface area contributed by atoms with Crippen molar-refractivity contribution in [3.8, 4) is 0 Å². The molecule has 1 aliphatic carbocycles. The van der Waals surface area contributed by atoms with Crippen LogP contribution in [0.5, 0.6) is 0 Å². The quantitative estimate of drug-likeness (QED) is 0.683. The van der Waals surface area contributed by atoms with Crippen LogP contribution in [0, 0.1) is 17.3 Å². The molecule has 1 nitrogen and oxygen atoms in total. The molecule has 0 aromatic heterocycles. The van der Waals surface area contributed by atoms with Crippen LogP contribution in [0.25, 0.3) is 0 Å². The van der Waals surface area contributed by atoms with Crippen LogP contribution >= 0.6 is 0 Å². The molecular formula is C16H33N. The minimum atomic E-state index is 0.609. The van der Waals surface area contributed by atoms with Gasteiger partial charge in [0.2, 0.25) is 0 Å². The fourth-order valence-electron chi connectivity index (χ4n) is 3.84. The van der Waals surface area contributed by atoms with E-state index in [9.17, 15) is 0 Å². The Morgan fingerprint density at radius 3 is 1.94 bits per heavy atom. The molecule has 0 radical (unpaired) electrons. The lowest BCUT2D eigenvalue weighted by molar-refractivity contribution is 0.148. The maximum absolute atomic E-state index is 3.65. The highest BCUT2D eigenvalue weighted by molar-refractivity contribution is 4.94. The number of hydrogen-bond donors (Lipinski definition) is 1. The summed E-state index contributed by atoms with van der Waals surface area (Å²) in [6.45, 7) is 9.46. The van der Waals surface area contributed by atoms with Crippen LogP contribution in [0.4, 0.5) is 0 Å². The lowest BCUT2D eigenvalue weighted by atomic mass is 9.71. The molecule has 1 atom stereocenters. The molecular weight excluding hydrogens is 206 g/mol. The Morgan fingerprint density at radius 2 is 1.53 bits per heavy atom. The second-order valence-corrected chi connectivity index (χ2v) is 6.98. The van der Waals surface area contributed by atoms with Crippen molar-refractivity contribution in [1.82, 2.24) is 5.32 Å². The van der Waals surface area contributed by atoms with Gasteiger partial charge in [-0.25, -0.2) is 0 Å². The normalized spacial score (nSPS) is 21.4. The van der Waals surface area contributed by atoms with Crippen LogP contribution in [-0.2, 0) is 0 Å². The van der Waals surface area contributed by atoms with Crippen LogP contribution in [0.15, 0.2) is 0 Å². The standard InChI is InChI=1S/C16H33N/c1-13(2)8-9-15(17-5)16(12-14(3)4)10-6-7-11-16/h13-15,17H,6-12H2,1-5H3. The third-order valence-electron chi connectivity index (χ3n) is 4.53. The molecule has 17 heavy (non-hydrogen) atoms. The first-order chi connectivity index (χ1) is 8.00. The van der Waals surface area contributed by atoms with Gasteiger partial charge in [0.05, 0.1) is 0 Å². The molecule has 1 aliphatic rings. The van der Waals surface area contributed by atoms with Crippen molar-refractivity contribution >= 4 is 0 Å². The molecule has 1 unspecified atom stereocenters. The van der Waals surface area contributed by atoms with E-state index in [1.807, 2.05) is 0 Å². The first kappa shape index (κ1) is 15.0. The van der Waals surface area contributed by atoms with Crippen molar-refractivity contribution in [2.24, 2.45) is 17.3 Å². The van der Waals surface area contributed by atoms with Gasteiger partial charge in [-0.15, -0.1) is 0 Å². The summed E-state index contributed by atoms with van der Waals surface area (Å²) in [6, 6.07) is 0.745. The molecule has 0 amide bonds. The monoisotopic (exact) mass is 239 g/mol. The molecule has 0 saturated heterocycles. The van der Waals surface area contributed by atoms with Gasteiger partial charge in [0.1, 0.15) is 0 Å². The van der Waals surface area contributed by atoms with Gasteiger partial charge < -0.3 is 5.32 Å². The number of rotatable bonds is 7. The summed E-state index contributed by atoms with van der Waals surface area (Å²) >= 11 is 0. The Hall–Kier alpha value is -0.0400. The maximum Gasteiger partial charge on any atom is 0.0121 e. The van der Waals surface area contributed by atoms with E-state index in [4.69, 9.17) is 0 Å². The Kier molecular flexibility index (Phi) is 5.99. The van der Waals surface area contributed by atoms with E-state index in [0.29, 0.717) is 5.41 Å². The van der Waals surface area contributed by atoms with Gasteiger partial charge >= 0.3 is 0 Å². The Labute approximate surface area is 109 Å². The first-order valence-electron chi connectivity index (χ1n) is 7.67. The van der Waals surface area contributed by atoms with Gasteiger partial charge in [-0.05, 0) is 56.4 Å². The molecule has 0 aliphatic heterocycles. The van der Waals surface area contributed by atoms with E-state index in [-0.39, 0.29) is 0 Å². The van der Waals surface area contributed by atoms with Crippen molar-refractivity contribution < 1.29 is 0 Å². The third-order valence-corrected chi connectivity index (χ3v) is 4.53. The molecule has 0 bridgehead atoms. The summed E-state index contributed by atoms with van der Waals surface area (Å²) in [5.41, 5.74) is 0.609. The summed E-state index contributed by atoms with van der Waals surface area (Å²) in [6.07, 6.45) is 9.95. The smallest absolute Gasteiger partial charge is 0.0121 e. The molecule has 1 saturated carbocycles. The molecule has 0 aromatic carbocycles. The average Bonchev–Trinajstić information content (AvgIpc) is 2.66. The molecule has 1 N–H and O–H groups in total. The lowest BCUT2D eigenvalue weighted by Gasteiger charge is -2.39. The molecule has 1 rings (SSSR count). The van der Waals surface area contributed by atoms with E-state index in [0.717, 1.165) is 17.9 Å². The van der Waals surface area contributed by atoms with Crippen LogP contribution < -0.4 is 5.32 Å². The van der Waals surface area contributed by atoms with E-state index in [2.05, 4.69) is 40.1 Å². The molecule has 0 heterocycles. The molecule has 1 heteroatoms. The van der Waals surface area contributed by atoms with Gasteiger partial charge in [-0.1, -0.05) is 40.5 Å². The summed E-state index contributed by atoms with van der Waals surface area (Å²) < 4.78 is 0. The highest BCUT2D eigenvalue weighted by Gasteiger charge is 2.40. The van der Waals surface area contributed by atoms with Crippen LogP contribution in [0.2, 0.25) is 0 Å². The largest absolute Gasteiger partial charge is 0.316 e. The molecule has 102 valence electrons. The first-order valence-corrected chi connectivity index (χ1v) is 7.67. The molecule has 1 fully saturated rings. The van der Waals surface area contributed by atoms with E-state index < -0.39 is 0 Å². The lowest BCUT2D eigenvalue weighted by Crippen LogP contribution is -2.43. The van der Waals surface area contributed by atoms with Crippen LogP contribution in [-0.4, -0.2) is 13.1 Å². The van der Waals surface area contributed by atoms with Gasteiger partial charge in [-0.2, -0.15) is 0 Å². The molecule has 0 aromatic rings. The summed E-state index contributed by atoms with van der Waals surface area (Å²) in [4.78, 5) is 0. The minimum absolute atomic E-state index is 0.609. The second-order valence-electron chi connectivity index (χ2n) is 6.98. The van der Waals surface area contributed by atoms with Gasteiger partial charge in [0.15, 0.2) is 0 Å². The van der Waals surface area contributed by atoms with Crippen molar-refractivity contribution in [2.75, 3.05) is 7.05 Å². The SMILES string of the molecule is CNC(CCC(C)C)C1(CC(C)C)CCCC1. The number of nitrogens with one attached hydrogen (secondary N) is 1. The fourth-order valence-corrected chi connectivity index (χ4v) is 3.84. The highest BCUT2D eigenvalue weighted by atomic mass is 14.9. The topological polar surface area (TPSA) is 12.0 Å². The van der Waals surface area contributed by atoms with Gasteiger partial charge in [0, 0.05) is 6.04 Å². The Bertz CT molecular complexity index is 202. The molecule has 0 spiro atoms.